The minimum atomic E-state index is 0.666. The molecule has 2 heterocycles. The maximum absolute atomic E-state index is 5.61. The monoisotopic (exact) mass is 299 g/mol. The van der Waals surface area contributed by atoms with Gasteiger partial charge in [-0.3, -0.25) is 0 Å². The molecule has 0 saturated heterocycles. The number of hydrogen-bond acceptors (Lipinski definition) is 5. The predicted octanol–water partition coefficient (Wildman–Crippen LogP) is 4.78. The second-order valence-electron chi connectivity index (χ2n) is 5.13. The van der Waals surface area contributed by atoms with Gasteiger partial charge in [-0.1, -0.05) is 17.7 Å². The lowest BCUT2D eigenvalue weighted by Crippen LogP contribution is -1.93. The van der Waals surface area contributed by atoms with E-state index in [1.165, 1.54) is 11.1 Å². The Balaban J connectivity index is 1.87. The highest BCUT2D eigenvalue weighted by Crippen LogP contribution is 2.30. The van der Waals surface area contributed by atoms with Crippen LogP contribution in [0.3, 0.4) is 0 Å². The Morgan fingerprint density at radius 3 is 2.57 bits per heavy atom. The highest BCUT2D eigenvalue weighted by molar-refractivity contribution is 7.14. The first-order chi connectivity index (χ1) is 10.0. The van der Waals surface area contributed by atoms with Crippen molar-refractivity contribution in [1.82, 2.24) is 9.97 Å². The number of nitrogens with one attached hydrogen (secondary N) is 1. The fourth-order valence-corrected chi connectivity index (χ4v) is 2.98. The van der Waals surface area contributed by atoms with Gasteiger partial charge in [0.2, 0.25) is 0 Å². The third-order valence-electron chi connectivity index (χ3n) is 3.26. The maximum Gasteiger partial charge on any atom is 0.192 e. The zero-order valence-electron chi connectivity index (χ0n) is 12.5. The number of nitrogens with zero attached hydrogens (tertiary/aromatic N) is 2. The molecule has 3 rings (SSSR count). The van der Waals surface area contributed by atoms with E-state index in [2.05, 4.69) is 47.3 Å². The van der Waals surface area contributed by atoms with Gasteiger partial charge in [-0.15, -0.1) is 11.3 Å². The van der Waals surface area contributed by atoms with Crippen molar-refractivity contribution in [3.8, 4) is 11.5 Å². The van der Waals surface area contributed by atoms with Crippen molar-refractivity contribution in [3.63, 3.8) is 0 Å². The van der Waals surface area contributed by atoms with Crippen molar-refractivity contribution in [1.29, 1.82) is 0 Å². The largest absolute Gasteiger partial charge is 0.439 e. The molecule has 0 spiro atoms. The molecule has 0 unspecified atom stereocenters. The van der Waals surface area contributed by atoms with Gasteiger partial charge >= 0.3 is 0 Å². The summed E-state index contributed by atoms with van der Waals surface area (Å²) in [5.74, 6) is 1.41. The molecule has 1 N–H and O–H groups in total. The lowest BCUT2D eigenvalue weighted by Gasteiger charge is -2.07. The third kappa shape index (κ3) is 2.83. The SMILES string of the molecule is Cc1ccc(Nc2nc(-c3oc(C)nc3C)cs2)c(C)c1. The van der Waals surface area contributed by atoms with Gasteiger partial charge in [0, 0.05) is 18.0 Å². The van der Waals surface area contributed by atoms with Crippen molar-refractivity contribution < 1.29 is 4.42 Å². The molecule has 2 aromatic heterocycles. The summed E-state index contributed by atoms with van der Waals surface area (Å²) in [6.45, 7) is 7.96. The van der Waals surface area contributed by atoms with Crippen molar-refractivity contribution in [2.75, 3.05) is 5.32 Å². The van der Waals surface area contributed by atoms with Crippen LogP contribution in [0.2, 0.25) is 0 Å². The van der Waals surface area contributed by atoms with Crippen LogP contribution in [0, 0.1) is 27.7 Å². The molecule has 0 atom stereocenters. The molecule has 0 fully saturated rings. The summed E-state index contributed by atoms with van der Waals surface area (Å²) in [5.41, 5.74) is 5.23. The number of hydrogen-bond donors (Lipinski definition) is 1. The summed E-state index contributed by atoms with van der Waals surface area (Å²) in [7, 11) is 0. The van der Waals surface area contributed by atoms with E-state index < -0.39 is 0 Å². The summed E-state index contributed by atoms with van der Waals surface area (Å²) in [6.07, 6.45) is 0. The van der Waals surface area contributed by atoms with Crippen LogP contribution in [-0.2, 0) is 0 Å². The van der Waals surface area contributed by atoms with E-state index in [1.54, 1.807) is 11.3 Å². The first-order valence-electron chi connectivity index (χ1n) is 6.77. The maximum atomic E-state index is 5.61. The van der Waals surface area contributed by atoms with Crippen LogP contribution in [0.25, 0.3) is 11.5 Å². The molecule has 1 aromatic carbocycles. The number of thiazole rings is 1. The van der Waals surface area contributed by atoms with Gasteiger partial charge in [-0.2, -0.15) is 0 Å². The van der Waals surface area contributed by atoms with E-state index in [9.17, 15) is 0 Å². The molecule has 3 aromatic rings. The lowest BCUT2D eigenvalue weighted by atomic mass is 10.1. The predicted molar refractivity (Wildman–Crippen MR) is 86.3 cm³/mol. The fraction of sp³-hybridized carbons (Fsp3) is 0.250. The normalized spacial score (nSPS) is 10.9. The standard InChI is InChI=1S/C16H17N3OS/c1-9-5-6-13(10(2)7-9)18-16-19-14(8-21-16)15-11(3)17-12(4)20-15/h5-8H,1-4H3,(H,18,19). The first-order valence-corrected chi connectivity index (χ1v) is 7.65. The minimum Gasteiger partial charge on any atom is -0.439 e. The summed E-state index contributed by atoms with van der Waals surface area (Å²) in [5, 5.41) is 6.20. The van der Waals surface area contributed by atoms with Gasteiger partial charge in [0.05, 0.1) is 5.69 Å². The zero-order chi connectivity index (χ0) is 15.0. The molecule has 4 nitrogen and oxygen atoms in total. The Kier molecular flexibility index (Phi) is 3.51. The van der Waals surface area contributed by atoms with E-state index in [0.29, 0.717) is 5.89 Å². The number of benzene rings is 1. The molecular weight excluding hydrogens is 282 g/mol. The molecular formula is C16H17N3OS. The molecule has 21 heavy (non-hydrogen) atoms. The number of aryl methyl sites for hydroxylation is 4. The second kappa shape index (κ2) is 5.33. The second-order valence-corrected chi connectivity index (χ2v) is 5.99. The van der Waals surface area contributed by atoms with Gasteiger partial charge < -0.3 is 9.73 Å². The summed E-state index contributed by atoms with van der Waals surface area (Å²) in [6, 6.07) is 6.32. The molecule has 108 valence electrons. The van der Waals surface area contributed by atoms with Gasteiger partial charge in [0.25, 0.3) is 0 Å². The van der Waals surface area contributed by atoms with Crippen LogP contribution in [0.15, 0.2) is 28.0 Å². The molecule has 0 amide bonds. The molecule has 0 radical (unpaired) electrons. The van der Waals surface area contributed by atoms with Crippen LogP contribution in [0.1, 0.15) is 22.7 Å². The van der Waals surface area contributed by atoms with Crippen LogP contribution >= 0.6 is 11.3 Å². The van der Waals surface area contributed by atoms with Crippen molar-refractivity contribution >= 4 is 22.2 Å². The summed E-state index contributed by atoms with van der Waals surface area (Å²) >= 11 is 1.56. The quantitative estimate of drug-likeness (QED) is 0.756. The highest BCUT2D eigenvalue weighted by atomic mass is 32.1. The van der Waals surface area contributed by atoms with E-state index in [-0.39, 0.29) is 0 Å². The fourth-order valence-electron chi connectivity index (χ4n) is 2.27. The van der Waals surface area contributed by atoms with E-state index in [4.69, 9.17) is 4.42 Å². The average Bonchev–Trinajstić information content (AvgIpc) is 2.99. The molecule has 0 aliphatic heterocycles. The molecule has 5 heteroatoms. The van der Waals surface area contributed by atoms with Crippen molar-refractivity contribution in [2.45, 2.75) is 27.7 Å². The topological polar surface area (TPSA) is 51.0 Å². The number of aromatic nitrogens is 2. The Hall–Kier alpha value is -2.14. The molecule has 0 aliphatic carbocycles. The van der Waals surface area contributed by atoms with Gasteiger partial charge in [-0.25, -0.2) is 9.97 Å². The Morgan fingerprint density at radius 1 is 1.10 bits per heavy atom. The smallest absolute Gasteiger partial charge is 0.192 e. The zero-order valence-corrected chi connectivity index (χ0v) is 13.3. The number of rotatable bonds is 3. The minimum absolute atomic E-state index is 0.666. The Bertz CT molecular complexity index is 789. The van der Waals surface area contributed by atoms with Crippen LogP contribution < -0.4 is 5.32 Å². The molecule has 0 saturated carbocycles. The van der Waals surface area contributed by atoms with Crippen LogP contribution in [-0.4, -0.2) is 9.97 Å². The Labute approximate surface area is 127 Å². The summed E-state index contributed by atoms with van der Waals surface area (Å²) < 4.78 is 5.61. The van der Waals surface area contributed by atoms with E-state index >= 15 is 0 Å². The van der Waals surface area contributed by atoms with E-state index in [1.807, 2.05) is 19.2 Å². The number of oxazole rings is 1. The van der Waals surface area contributed by atoms with Crippen LogP contribution in [0.4, 0.5) is 10.8 Å². The van der Waals surface area contributed by atoms with Gasteiger partial charge in [0.15, 0.2) is 16.8 Å². The Morgan fingerprint density at radius 2 is 1.90 bits per heavy atom. The first kappa shape index (κ1) is 13.8. The number of anilines is 2. The van der Waals surface area contributed by atoms with Crippen molar-refractivity contribution in [2.24, 2.45) is 0 Å². The average molecular weight is 299 g/mol. The third-order valence-corrected chi connectivity index (χ3v) is 4.02. The van der Waals surface area contributed by atoms with Crippen molar-refractivity contribution in [3.05, 3.63) is 46.3 Å². The van der Waals surface area contributed by atoms with Crippen LogP contribution in [0.5, 0.6) is 0 Å². The lowest BCUT2D eigenvalue weighted by molar-refractivity contribution is 0.533. The molecule has 0 aliphatic rings. The van der Waals surface area contributed by atoms with Gasteiger partial charge in [-0.05, 0) is 32.4 Å². The van der Waals surface area contributed by atoms with E-state index in [0.717, 1.165) is 28.0 Å². The molecule has 0 bridgehead atoms. The van der Waals surface area contributed by atoms with Gasteiger partial charge in [0.1, 0.15) is 5.69 Å². The summed E-state index contributed by atoms with van der Waals surface area (Å²) in [4.78, 5) is 8.87. The highest BCUT2D eigenvalue weighted by Gasteiger charge is 2.13.